The molecule has 4 heteroatoms. The molecule has 35 heavy (non-hydrogen) atoms. The number of Topliss-reactive ketones (excluding diaryl/α,β-unsaturated/α-hetero) is 1. The number of rotatable bonds is 2. The van der Waals surface area contributed by atoms with Gasteiger partial charge in [0.25, 0.3) is 0 Å². The lowest BCUT2D eigenvalue weighted by Crippen LogP contribution is -2.42. The van der Waals surface area contributed by atoms with E-state index in [1.165, 1.54) is 32.9 Å². The third kappa shape index (κ3) is 3.50. The molecule has 1 saturated carbocycles. The van der Waals surface area contributed by atoms with E-state index in [1.807, 2.05) is 0 Å². The Hall–Kier alpha value is -3.40. The van der Waals surface area contributed by atoms with Gasteiger partial charge in [-0.1, -0.05) is 38.1 Å². The van der Waals surface area contributed by atoms with E-state index >= 15 is 0 Å². The Kier molecular flexibility index (Phi) is 4.93. The molecule has 4 nitrogen and oxygen atoms in total. The van der Waals surface area contributed by atoms with Crippen LogP contribution in [0, 0.1) is 25.2 Å². The average molecular weight is 464 g/mol. The van der Waals surface area contributed by atoms with Crippen LogP contribution in [0.15, 0.2) is 59.6 Å². The Balaban J connectivity index is 1.57. The fourth-order valence-corrected chi connectivity index (χ4v) is 6.21. The number of fused-ring (bicyclic) bond motifs is 5. The van der Waals surface area contributed by atoms with Crippen LogP contribution in [0.25, 0.3) is 21.8 Å². The summed E-state index contributed by atoms with van der Waals surface area (Å²) in [4.78, 5) is 18.8. The molecule has 0 amide bonds. The van der Waals surface area contributed by atoms with Crippen LogP contribution in [0.5, 0.6) is 0 Å². The van der Waals surface area contributed by atoms with Gasteiger partial charge in [-0.05, 0) is 79.6 Å². The van der Waals surface area contributed by atoms with Crippen molar-refractivity contribution in [2.24, 2.45) is 16.3 Å². The monoisotopic (exact) mass is 463 g/mol. The second-order valence-electron chi connectivity index (χ2n) is 11.2. The highest BCUT2D eigenvalue weighted by molar-refractivity contribution is 6.11. The number of hydrogen-bond donors (Lipinski definition) is 1. The molecule has 178 valence electrons. The van der Waals surface area contributed by atoms with Gasteiger partial charge < -0.3 is 9.88 Å². The Morgan fingerprint density at radius 3 is 2.51 bits per heavy atom. The van der Waals surface area contributed by atoms with Crippen LogP contribution < -0.4 is 5.32 Å². The molecule has 2 aliphatic rings. The van der Waals surface area contributed by atoms with E-state index in [2.05, 4.69) is 99.1 Å². The van der Waals surface area contributed by atoms with E-state index < -0.39 is 0 Å². The predicted molar refractivity (Wildman–Crippen MR) is 146 cm³/mol. The number of nitrogens with zero attached hydrogens (tertiary/aromatic N) is 2. The van der Waals surface area contributed by atoms with Gasteiger partial charge in [0.1, 0.15) is 5.78 Å². The number of carbonyl (C=O) groups is 1. The first kappa shape index (κ1) is 22.1. The first-order valence-electron chi connectivity index (χ1n) is 12.7. The summed E-state index contributed by atoms with van der Waals surface area (Å²) in [6, 6.07) is 19.6. The molecule has 1 aliphatic heterocycles. The Morgan fingerprint density at radius 1 is 0.971 bits per heavy atom. The standard InChI is InChI=1S/C31H33N3O/c1-6-34-26-10-8-7-9-21(26)22-15-20(11-12-27(22)34)30-29-25(16-31(4,5)17-28(29)35)32-23-13-18(2)19(3)14-24(23)33-30/h7-15,29-30,33H,6,16-17H2,1-5H3. The van der Waals surface area contributed by atoms with Crippen LogP contribution in [-0.4, -0.2) is 16.1 Å². The van der Waals surface area contributed by atoms with E-state index in [-0.39, 0.29) is 23.2 Å². The van der Waals surface area contributed by atoms with Gasteiger partial charge in [-0.2, -0.15) is 0 Å². The fraction of sp³-hybridized carbons (Fsp3) is 0.355. The molecule has 4 aromatic rings. The molecule has 2 atom stereocenters. The highest BCUT2D eigenvalue weighted by Gasteiger charge is 2.44. The maximum atomic E-state index is 13.7. The van der Waals surface area contributed by atoms with Gasteiger partial charge in [-0.15, -0.1) is 0 Å². The summed E-state index contributed by atoms with van der Waals surface area (Å²) in [5.74, 6) is 0.0304. The van der Waals surface area contributed by atoms with Crippen molar-refractivity contribution >= 4 is 44.7 Å². The zero-order chi connectivity index (χ0) is 24.5. The van der Waals surface area contributed by atoms with Crippen molar-refractivity contribution in [3.05, 3.63) is 71.3 Å². The molecule has 1 aromatic heterocycles. The topological polar surface area (TPSA) is 46.4 Å². The molecule has 1 N–H and O–H groups in total. The number of nitrogens with one attached hydrogen (secondary N) is 1. The smallest absolute Gasteiger partial charge is 0.144 e. The molecule has 0 bridgehead atoms. The van der Waals surface area contributed by atoms with Crippen LogP contribution in [0.2, 0.25) is 0 Å². The maximum Gasteiger partial charge on any atom is 0.144 e. The largest absolute Gasteiger partial charge is 0.375 e. The summed E-state index contributed by atoms with van der Waals surface area (Å²) in [5.41, 5.74) is 9.00. The Labute approximate surface area is 207 Å². The molecule has 3 aromatic carbocycles. The van der Waals surface area contributed by atoms with Gasteiger partial charge in [-0.3, -0.25) is 9.79 Å². The Bertz CT molecular complexity index is 1540. The van der Waals surface area contributed by atoms with Crippen LogP contribution in [-0.2, 0) is 11.3 Å². The summed E-state index contributed by atoms with van der Waals surface area (Å²) in [6.45, 7) is 11.7. The lowest BCUT2D eigenvalue weighted by atomic mass is 9.68. The van der Waals surface area contributed by atoms with Crippen molar-refractivity contribution in [2.45, 2.75) is 60.0 Å². The van der Waals surface area contributed by atoms with E-state index in [0.717, 1.165) is 35.6 Å². The zero-order valence-electron chi connectivity index (χ0n) is 21.3. The lowest BCUT2D eigenvalue weighted by molar-refractivity contribution is -0.124. The van der Waals surface area contributed by atoms with E-state index in [1.54, 1.807) is 0 Å². The lowest BCUT2D eigenvalue weighted by Gasteiger charge is -2.37. The summed E-state index contributed by atoms with van der Waals surface area (Å²) < 4.78 is 2.37. The Morgan fingerprint density at radius 2 is 1.71 bits per heavy atom. The first-order chi connectivity index (χ1) is 16.8. The third-order valence-electron chi connectivity index (χ3n) is 8.01. The number of ketones is 1. The number of para-hydroxylation sites is 1. The van der Waals surface area contributed by atoms with Crippen molar-refractivity contribution < 1.29 is 4.79 Å². The molecule has 6 rings (SSSR count). The van der Waals surface area contributed by atoms with Crippen molar-refractivity contribution in [3.63, 3.8) is 0 Å². The quantitative estimate of drug-likeness (QED) is 0.331. The van der Waals surface area contributed by atoms with Crippen LogP contribution in [0.3, 0.4) is 0 Å². The predicted octanol–water partition coefficient (Wildman–Crippen LogP) is 7.68. The summed E-state index contributed by atoms with van der Waals surface area (Å²) in [5, 5.41) is 6.30. The second-order valence-corrected chi connectivity index (χ2v) is 11.2. The minimum atomic E-state index is -0.256. The van der Waals surface area contributed by atoms with Crippen molar-refractivity contribution in [2.75, 3.05) is 5.32 Å². The molecule has 0 radical (unpaired) electrons. The summed E-state index contributed by atoms with van der Waals surface area (Å²) in [6.07, 6.45) is 1.42. The summed E-state index contributed by atoms with van der Waals surface area (Å²) >= 11 is 0. The van der Waals surface area contributed by atoms with E-state index in [9.17, 15) is 4.79 Å². The molecule has 1 fully saturated rings. The second kappa shape index (κ2) is 7.81. The third-order valence-corrected chi connectivity index (χ3v) is 8.01. The molecule has 1 aliphatic carbocycles. The maximum absolute atomic E-state index is 13.7. The average Bonchev–Trinajstić information content (AvgIpc) is 3.04. The number of aromatic nitrogens is 1. The van der Waals surface area contributed by atoms with Crippen molar-refractivity contribution in [1.29, 1.82) is 0 Å². The minimum Gasteiger partial charge on any atom is -0.375 e. The van der Waals surface area contributed by atoms with Gasteiger partial charge >= 0.3 is 0 Å². The van der Waals surface area contributed by atoms with E-state index in [0.29, 0.717) is 6.42 Å². The van der Waals surface area contributed by atoms with Gasteiger partial charge in [0.05, 0.1) is 23.3 Å². The van der Waals surface area contributed by atoms with Crippen molar-refractivity contribution in [3.8, 4) is 0 Å². The van der Waals surface area contributed by atoms with Gasteiger partial charge in [-0.25, -0.2) is 0 Å². The number of carbonyl (C=O) groups excluding carboxylic acids is 1. The summed E-state index contributed by atoms with van der Waals surface area (Å²) in [7, 11) is 0. The SMILES string of the molecule is CCn1c2ccccc2c2cc(C3Nc4cc(C)c(C)cc4N=C4CC(C)(C)CC(=O)C43)ccc21. The van der Waals surface area contributed by atoms with Gasteiger partial charge in [0, 0.05) is 40.5 Å². The van der Waals surface area contributed by atoms with Crippen LogP contribution in [0.4, 0.5) is 11.4 Å². The first-order valence-corrected chi connectivity index (χ1v) is 12.7. The highest BCUT2D eigenvalue weighted by Crippen LogP contribution is 2.46. The number of aliphatic imine (C=N–C) groups is 1. The number of hydrogen-bond acceptors (Lipinski definition) is 3. The van der Waals surface area contributed by atoms with Crippen LogP contribution >= 0.6 is 0 Å². The highest BCUT2D eigenvalue weighted by atomic mass is 16.1. The van der Waals surface area contributed by atoms with Gasteiger partial charge in [0.2, 0.25) is 0 Å². The number of benzene rings is 3. The molecular weight excluding hydrogens is 430 g/mol. The van der Waals surface area contributed by atoms with Gasteiger partial charge in [0.15, 0.2) is 0 Å². The van der Waals surface area contributed by atoms with E-state index in [4.69, 9.17) is 4.99 Å². The molecule has 2 heterocycles. The van der Waals surface area contributed by atoms with Crippen LogP contribution in [0.1, 0.15) is 56.3 Å². The molecular formula is C31H33N3O. The normalized spacial score (nSPS) is 21.3. The molecule has 0 saturated heterocycles. The number of aryl methyl sites for hydroxylation is 3. The minimum absolute atomic E-state index is 0.0697. The molecule has 0 spiro atoms. The number of anilines is 1. The molecule has 2 unspecified atom stereocenters. The zero-order valence-corrected chi connectivity index (χ0v) is 21.3. The van der Waals surface area contributed by atoms with Crippen molar-refractivity contribution in [1.82, 2.24) is 4.57 Å². The fourth-order valence-electron chi connectivity index (χ4n) is 6.21.